The first-order valence-corrected chi connectivity index (χ1v) is 10.5. The number of hydrogen-bond acceptors (Lipinski definition) is 5. The summed E-state index contributed by atoms with van der Waals surface area (Å²) in [5.74, 6) is 7.97. The van der Waals surface area contributed by atoms with Gasteiger partial charge in [0.2, 0.25) is 11.1 Å². The van der Waals surface area contributed by atoms with Gasteiger partial charge in [0.15, 0.2) is 5.82 Å². The Hall–Kier alpha value is -2.02. The molecule has 3 rings (SSSR count). The molecule has 7 heteroatoms. The van der Waals surface area contributed by atoms with E-state index < -0.39 is 0 Å². The largest absolute Gasteiger partial charge is 0.352 e. The van der Waals surface area contributed by atoms with Crippen LogP contribution < -0.4 is 11.2 Å². The Morgan fingerprint density at radius 1 is 1.26 bits per heavy atom. The van der Waals surface area contributed by atoms with Crippen LogP contribution in [-0.4, -0.2) is 32.1 Å². The van der Waals surface area contributed by atoms with Gasteiger partial charge in [-0.2, -0.15) is 0 Å². The lowest BCUT2D eigenvalue weighted by Crippen LogP contribution is -2.46. The first-order valence-electron chi connectivity index (χ1n) is 9.61. The van der Waals surface area contributed by atoms with Crippen LogP contribution in [0, 0.1) is 18.8 Å². The smallest absolute Gasteiger partial charge is 0.233 e. The predicted octanol–water partition coefficient (Wildman–Crippen LogP) is 3.39. The summed E-state index contributed by atoms with van der Waals surface area (Å²) in [6.45, 7) is 8.42. The minimum absolute atomic E-state index is 0.0332. The zero-order valence-corrected chi connectivity index (χ0v) is 17.3. The quantitative estimate of drug-likeness (QED) is 0.607. The number of aryl methyl sites for hydroxylation is 1. The molecule has 1 aromatic heterocycles. The maximum atomic E-state index is 12.7. The van der Waals surface area contributed by atoms with Crippen molar-refractivity contribution in [2.75, 3.05) is 5.84 Å². The van der Waals surface area contributed by atoms with Crippen LogP contribution >= 0.6 is 11.8 Å². The molecule has 2 aromatic rings. The lowest BCUT2D eigenvalue weighted by atomic mass is 9.78. The van der Waals surface area contributed by atoms with Crippen LogP contribution in [0.2, 0.25) is 0 Å². The minimum atomic E-state index is -0.285. The molecule has 1 amide bonds. The average Bonchev–Trinajstić information content (AvgIpc) is 3.00. The summed E-state index contributed by atoms with van der Waals surface area (Å²) in [7, 11) is 0. The first-order chi connectivity index (χ1) is 12.9. The van der Waals surface area contributed by atoms with Gasteiger partial charge in [-0.15, -0.1) is 10.2 Å². The van der Waals surface area contributed by atoms with Crippen LogP contribution in [0.1, 0.15) is 45.6 Å². The van der Waals surface area contributed by atoms with Crippen LogP contribution in [0.3, 0.4) is 0 Å². The number of benzene rings is 1. The molecule has 0 unspecified atom stereocenters. The number of carbonyl (C=O) groups excluding carboxylic acids is 1. The summed E-state index contributed by atoms with van der Waals surface area (Å²) in [6.07, 6.45) is 3.48. The number of thioether (sulfide) groups is 1. The molecular formula is C20H29N5OS. The summed E-state index contributed by atoms with van der Waals surface area (Å²) < 4.78 is 1.46. The summed E-state index contributed by atoms with van der Waals surface area (Å²) in [5, 5.41) is 11.9. The molecule has 0 bridgehead atoms. The molecule has 4 atom stereocenters. The van der Waals surface area contributed by atoms with Gasteiger partial charge < -0.3 is 11.2 Å². The lowest BCUT2D eigenvalue weighted by Gasteiger charge is -2.35. The van der Waals surface area contributed by atoms with Gasteiger partial charge in [0.25, 0.3) is 0 Å². The SMILES string of the molecule is Cc1ccc(-c2nnc(S[C@@H](C)C(=O)N[C@H]3CCC[C@H](C)[C@@H]3C)n2N)cc1. The molecule has 0 aliphatic heterocycles. The number of nitrogens with zero attached hydrogens (tertiary/aromatic N) is 3. The number of carbonyl (C=O) groups is 1. The van der Waals surface area contributed by atoms with Crippen molar-refractivity contribution in [3.8, 4) is 11.4 Å². The fraction of sp³-hybridized carbons (Fsp3) is 0.550. The number of aromatic nitrogens is 3. The van der Waals surface area contributed by atoms with Gasteiger partial charge in [-0.05, 0) is 32.1 Å². The van der Waals surface area contributed by atoms with Crippen LogP contribution in [0.4, 0.5) is 0 Å². The van der Waals surface area contributed by atoms with Gasteiger partial charge in [0.05, 0.1) is 5.25 Å². The van der Waals surface area contributed by atoms with E-state index in [1.807, 2.05) is 38.1 Å². The second kappa shape index (κ2) is 8.33. The van der Waals surface area contributed by atoms with Crippen molar-refractivity contribution < 1.29 is 4.79 Å². The number of rotatable bonds is 5. The monoisotopic (exact) mass is 387 g/mol. The van der Waals surface area contributed by atoms with E-state index in [-0.39, 0.29) is 17.2 Å². The molecule has 146 valence electrons. The van der Waals surface area contributed by atoms with Crippen LogP contribution in [-0.2, 0) is 4.79 Å². The fourth-order valence-corrected chi connectivity index (χ4v) is 4.33. The van der Waals surface area contributed by atoms with Gasteiger partial charge >= 0.3 is 0 Å². The third kappa shape index (κ3) is 4.46. The number of nitrogens with two attached hydrogens (primary N) is 1. The van der Waals surface area contributed by atoms with Crippen molar-refractivity contribution in [2.45, 2.75) is 63.4 Å². The predicted molar refractivity (Wildman–Crippen MR) is 110 cm³/mol. The summed E-state index contributed by atoms with van der Waals surface area (Å²) in [4.78, 5) is 12.7. The highest BCUT2D eigenvalue weighted by Gasteiger charge is 2.30. The third-order valence-electron chi connectivity index (χ3n) is 5.66. The Labute approximate surface area is 165 Å². The van der Waals surface area contributed by atoms with Gasteiger partial charge in [0.1, 0.15) is 0 Å². The van der Waals surface area contributed by atoms with Crippen LogP contribution in [0.25, 0.3) is 11.4 Å². The summed E-state index contributed by atoms with van der Waals surface area (Å²) >= 11 is 1.34. The van der Waals surface area contributed by atoms with E-state index in [0.717, 1.165) is 12.0 Å². The summed E-state index contributed by atoms with van der Waals surface area (Å²) in [6, 6.07) is 8.22. The molecule has 1 aromatic carbocycles. The fourth-order valence-electron chi connectivity index (χ4n) is 3.55. The van der Waals surface area contributed by atoms with Gasteiger partial charge in [-0.25, -0.2) is 4.68 Å². The molecule has 1 saturated carbocycles. The Bertz CT molecular complexity index is 788. The molecule has 3 N–H and O–H groups in total. The normalized spacial score (nSPS) is 23.8. The maximum absolute atomic E-state index is 12.7. The van der Waals surface area contributed by atoms with E-state index in [1.54, 1.807) is 0 Å². The molecule has 1 aliphatic rings. The van der Waals surface area contributed by atoms with E-state index >= 15 is 0 Å². The highest BCUT2D eigenvalue weighted by Crippen LogP contribution is 2.30. The van der Waals surface area contributed by atoms with Crippen molar-refractivity contribution in [1.29, 1.82) is 0 Å². The van der Waals surface area contributed by atoms with E-state index in [1.165, 1.54) is 34.8 Å². The zero-order chi connectivity index (χ0) is 19.6. The van der Waals surface area contributed by atoms with Crippen LogP contribution in [0.15, 0.2) is 29.4 Å². The summed E-state index contributed by atoms with van der Waals surface area (Å²) in [5.41, 5.74) is 2.08. The Kier molecular flexibility index (Phi) is 6.09. The Morgan fingerprint density at radius 2 is 1.96 bits per heavy atom. The number of nitrogen functional groups attached to an aromatic ring is 1. The van der Waals surface area contributed by atoms with Crippen molar-refractivity contribution >= 4 is 17.7 Å². The van der Waals surface area contributed by atoms with Gasteiger partial charge in [-0.3, -0.25) is 4.79 Å². The Morgan fingerprint density at radius 3 is 2.67 bits per heavy atom. The number of amides is 1. The molecule has 1 aliphatic carbocycles. The standard InChI is InChI=1S/C20H29N5OS/c1-12-8-10-16(11-9-12)18-23-24-20(25(18)21)27-15(4)19(26)22-17-7-5-6-13(2)14(17)3/h8-11,13-15,17H,5-7,21H2,1-4H3,(H,22,26)/t13-,14-,15-,17-/m0/s1. The molecule has 1 fully saturated rings. The molecule has 0 radical (unpaired) electrons. The van der Waals surface area contributed by atoms with E-state index in [9.17, 15) is 4.79 Å². The molecule has 27 heavy (non-hydrogen) atoms. The average molecular weight is 388 g/mol. The number of nitrogens with one attached hydrogen (secondary N) is 1. The topological polar surface area (TPSA) is 85.8 Å². The van der Waals surface area contributed by atoms with E-state index in [2.05, 4.69) is 29.4 Å². The van der Waals surface area contributed by atoms with Crippen LogP contribution in [0.5, 0.6) is 0 Å². The maximum Gasteiger partial charge on any atom is 0.233 e. The molecule has 0 spiro atoms. The first kappa shape index (κ1) is 19.7. The zero-order valence-electron chi connectivity index (χ0n) is 16.5. The van der Waals surface area contributed by atoms with Gasteiger partial charge in [0, 0.05) is 11.6 Å². The lowest BCUT2D eigenvalue weighted by molar-refractivity contribution is -0.121. The number of hydrogen-bond donors (Lipinski definition) is 2. The van der Waals surface area contributed by atoms with Crippen molar-refractivity contribution in [1.82, 2.24) is 20.2 Å². The molecule has 6 nitrogen and oxygen atoms in total. The second-order valence-corrected chi connectivity index (χ2v) is 8.99. The third-order valence-corrected chi connectivity index (χ3v) is 6.72. The minimum Gasteiger partial charge on any atom is -0.352 e. The highest BCUT2D eigenvalue weighted by atomic mass is 32.2. The van der Waals surface area contributed by atoms with E-state index in [4.69, 9.17) is 5.84 Å². The Balaban J connectivity index is 1.64. The van der Waals surface area contributed by atoms with Crippen molar-refractivity contribution in [3.05, 3.63) is 29.8 Å². The molecule has 1 heterocycles. The molecular weight excluding hydrogens is 358 g/mol. The van der Waals surface area contributed by atoms with E-state index in [0.29, 0.717) is 22.8 Å². The highest BCUT2D eigenvalue weighted by molar-refractivity contribution is 8.00. The second-order valence-electron chi connectivity index (χ2n) is 7.68. The van der Waals surface area contributed by atoms with Gasteiger partial charge in [-0.1, -0.05) is 68.3 Å². The van der Waals surface area contributed by atoms with Crippen molar-refractivity contribution in [2.24, 2.45) is 11.8 Å². The molecule has 0 saturated heterocycles. The van der Waals surface area contributed by atoms with Crippen molar-refractivity contribution in [3.63, 3.8) is 0 Å².